The molecule has 0 aliphatic carbocycles. The molecule has 0 saturated heterocycles. The predicted molar refractivity (Wildman–Crippen MR) is 55.5 cm³/mol. The SMILES string of the molecule is COc1c(S(N)(=O)=O)ncc([N+](=O)[O-])c1OC(F)(F)F. The molecule has 0 unspecified atom stereocenters. The number of methoxy groups -OCH3 is 1. The number of nitro groups is 1. The first-order valence-corrected chi connectivity index (χ1v) is 6.02. The number of pyridine rings is 1. The van der Waals surface area contributed by atoms with E-state index in [0.29, 0.717) is 0 Å². The molecular formula is C7H6F3N3O6S. The van der Waals surface area contributed by atoms with Crippen LogP contribution in [0.15, 0.2) is 11.2 Å². The van der Waals surface area contributed by atoms with Crippen molar-refractivity contribution in [2.24, 2.45) is 5.14 Å². The van der Waals surface area contributed by atoms with Gasteiger partial charge in [-0.1, -0.05) is 0 Å². The van der Waals surface area contributed by atoms with E-state index in [1.165, 1.54) is 0 Å². The molecular weight excluding hydrogens is 311 g/mol. The lowest BCUT2D eigenvalue weighted by Crippen LogP contribution is -2.21. The number of rotatable bonds is 4. The number of ether oxygens (including phenoxy) is 2. The number of halogens is 3. The fourth-order valence-corrected chi connectivity index (χ4v) is 1.81. The minimum absolute atomic E-state index is 0.267. The topological polar surface area (TPSA) is 135 Å². The van der Waals surface area contributed by atoms with Crippen molar-refractivity contribution in [1.29, 1.82) is 0 Å². The highest BCUT2D eigenvalue weighted by Gasteiger charge is 2.39. The minimum atomic E-state index is -5.31. The maximum absolute atomic E-state index is 12.2. The molecule has 0 amide bonds. The van der Waals surface area contributed by atoms with Gasteiger partial charge in [-0.15, -0.1) is 13.2 Å². The molecule has 0 spiro atoms. The van der Waals surface area contributed by atoms with Crippen molar-refractivity contribution in [3.63, 3.8) is 0 Å². The summed E-state index contributed by atoms with van der Waals surface area (Å²) in [7, 11) is -3.80. The molecule has 0 aliphatic heterocycles. The Labute approximate surface area is 109 Å². The van der Waals surface area contributed by atoms with Gasteiger partial charge in [0.15, 0.2) is 0 Å². The van der Waals surface area contributed by atoms with Crippen LogP contribution in [-0.2, 0) is 10.0 Å². The van der Waals surface area contributed by atoms with E-state index >= 15 is 0 Å². The molecule has 1 heterocycles. The smallest absolute Gasteiger partial charge is 0.490 e. The summed E-state index contributed by atoms with van der Waals surface area (Å²) in [5, 5.41) is 14.2. The number of aromatic nitrogens is 1. The molecule has 0 aromatic carbocycles. The molecule has 20 heavy (non-hydrogen) atoms. The minimum Gasteiger partial charge on any atom is -0.490 e. The van der Waals surface area contributed by atoms with Crippen LogP contribution < -0.4 is 14.6 Å². The maximum atomic E-state index is 12.2. The van der Waals surface area contributed by atoms with Crippen molar-refractivity contribution in [1.82, 2.24) is 4.98 Å². The average molecular weight is 317 g/mol. The lowest BCUT2D eigenvalue weighted by molar-refractivity contribution is -0.389. The van der Waals surface area contributed by atoms with Gasteiger partial charge < -0.3 is 9.47 Å². The normalized spacial score (nSPS) is 12.1. The van der Waals surface area contributed by atoms with Crippen LogP contribution in [0.25, 0.3) is 0 Å². The van der Waals surface area contributed by atoms with Crippen LogP contribution in [0.2, 0.25) is 0 Å². The molecule has 112 valence electrons. The monoisotopic (exact) mass is 317 g/mol. The van der Waals surface area contributed by atoms with Crippen molar-refractivity contribution < 1.29 is 36.0 Å². The molecule has 0 radical (unpaired) electrons. The van der Waals surface area contributed by atoms with Crippen molar-refractivity contribution in [3.8, 4) is 11.5 Å². The van der Waals surface area contributed by atoms with Gasteiger partial charge in [-0.3, -0.25) is 10.1 Å². The van der Waals surface area contributed by atoms with Gasteiger partial charge in [0.1, 0.15) is 6.20 Å². The lowest BCUT2D eigenvalue weighted by atomic mass is 10.3. The van der Waals surface area contributed by atoms with Crippen LogP contribution in [0, 0.1) is 10.1 Å². The highest BCUT2D eigenvalue weighted by Crippen LogP contribution is 2.42. The largest absolute Gasteiger partial charge is 0.573 e. The summed E-state index contributed by atoms with van der Waals surface area (Å²) >= 11 is 0. The Morgan fingerprint density at radius 2 is 1.95 bits per heavy atom. The summed E-state index contributed by atoms with van der Waals surface area (Å²) < 4.78 is 66.8. The molecule has 9 nitrogen and oxygen atoms in total. The third kappa shape index (κ3) is 3.45. The van der Waals surface area contributed by atoms with Gasteiger partial charge in [0.05, 0.1) is 12.0 Å². The van der Waals surface area contributed by atoms with Crippen LogP contribution in [0.3, 0.4) is 0 Å². The highest BCUT2D eigenvalue weighted by atomic mass is 32.2. The summed E-state index contributed by atoms with van der Waals surface area (Å²) in [6.45, 7) is 0. The Balaban J connectivity index is 3.68. The molecule has 1 aromatic heterocycles. The van der Waals surface area contributed by atoms with Crippen molar-refractivity contribution in [2.75, 3.05) is 7.11 Å². The van der Waals surface area contributed by atoms with E-state index < -0.39 is 43.5 Å². The zero-order valence-electron chi connectivity index (χ0n) is 9.54. The van der Waals surface area contributed by atoms with Crippen LogP contribution in [0.5, 0.6) is 11.5 Å². The number of nitrogens with zero attached hydrogens (tertiary/aromatic N) is 2. The molecule has 0 atom stereocenters. The number of nitrogens with two attached hydrogens (primary N) is 1. The van der Waals surface area contributed by atoms with Gasteiger partial charge in [-0.2, -0.15) is 0 Å². The second kappa shape index (κ2) is 5.09. The second-order valence-corrected chi connectivity index (χ2v) is 4.64. The second-order valence-electron chi connectivity index (χ2n) is 3.16. The fraction of sp³-hybridized carbons (Fsp3) is 0.286. The zero-order valence-corrected chi connectivity index (χ0v) is 10.4. The molecule has 0 saturated carbocycles. The van der Waals surface area contributed by atoms with Crippen LogP contribution in [0.1, 0.15) is 0 Å². The first-order valence-electron chi connectivity index (χ1n) is 4.47. The van der Waals surface area contributed by atoms with Crippen LogP contribution in [-0.4, -0.2) is 31.8 Å². The quantitative estimate of drug-likeness (QED) is 0.632. The average Bonchev–Trinajstić information content (AvgIpc) is 2.24. The first kappa shape index (κ1) is 15.9. The fourth-order valence-electron chi connectivity index (χ4n) is 1.18. The van der Waals surface area contributed by atoms with E-state index in [-0.39, 0.29) is 6.20 Å². The first-order chi connectivity index (χ1) is 8.97. The van der Waals surface area contributed by atoms with Gasteiger partial charge in [0.2, 0.25) is 10.8 Å². The Hall–Kier alpha value is -2.15. The van der Waals surface area contributed by atoms with Crippen molar-refractivity contribution in [2.45, 2.75) is 11.4 Å². The van der Waals surface area contributed by atoms with Crippen molar-refractivity contribution >= 4 is 15.7 Å². The van der Waals surface area contributed by atoms with Crippen molar-refractivity contribution in [3.05, 3.63) is 16.3 Å². The summed E-state index contributed by atoms with van der Waals surface area (Å²) in [6, 6.07) is 0. The molecule has 1 rings (SSSR count). The third-order valence-corrected chi connectivity index (χ3v) is 2.66. The van der Waals surface area contributed by atoms with E-state index in [1.807, 2.05) is 0 Å². The summed E-state index contributed by atoms with van der Waals surface area (Å²) in [5.41, 5.74) is -1.23. The van der Waals surface area contributed by atoms with Crippen LogP contribution in [0.4, 0.5) is 18.9 Å². The summed E-state index contributed by atoms with van der Waals surface area (Å²) in [5.74, 6) is -2.57. The standard InChI is InChI=1S/C7H6F3N3O6S/c1-18-5-4(19-7(8,9)10)3(13(14)15)2-12-6(5)20(11,16)17/h2H,1H3,(H2,11,16,17). The van der Waals surface area contributed by atoms with E-state index in [2.05, 4.69) is 14.5 Å². The molecule has 0 aliphatic rings. The van der Waals surface area contributed by atoms with Gasteiger partial charge in [0.25, 0.3) is 15.8 Å². The van der Waals surface area contributed by atoms with Gasteiger partial charge >= 0.3 is 12.0 Å². The Kier molecular flexibility index (Phi) is 4.04. The Bertz CT molecular complexity index is 644. The molecule has 1 aromatic rings. The third-order valence-electron chi connectivity index (χ3n) is 1.83. The van der Waals surface area contributed by atoms with Gasteiger partial charge in [-0.25, -0.2) is 18.5 Å². The van der Waals surface area contributed by atoms with E-state index in [1.54, 1.807) is 0 Å². The summed E-state index contributed by atoms with van der Waals surface area (Å²) in [6.07, 6.45) is -5.04. The number of hydrogen-bond acceptors (Lipinski definition) is 7. The van der Waals surface area contributed by atoms with Crippen LogP contribution >= 0.6 is 0 Å². The van der Waals surface area contributed by atoms with Gasteiger partial charge in [-0.05, 0) is 0 Å². The zero-order chi connectivity index (χ0) is 15.7. The lowest BCUT2D eigenvalue weighted by Gasteiger charge is -2.13. The Morgan fingerprint density at radius 1 is 1.40 bits per heavy atom. The van der Waals surface area contributed by atoms with E-state index in [9.17, 15) is 31.7 Å². The predicted octanol–water partition coefficient (Wildman–Crippen LogP) is 0.544. The number of hydrogen-bond donors (Lipinski definition) is 1. The molecule has 0 bridgehead atoms. The number of primary sulfonamides is 1. The van der Waals surface area contributed by atoms with E-state index in [0.717, 1.165) is 7.11 Å². The Morgan fingerprint density at radius 3 is 2.30 bits per heavy atom. The molecule has 13 heteroatoms. The number of alkyl halides is 3. The van der Waals surface area contributed by atoms with Gasteiger partial charge in [0, 0.05) is 0 Å². The number of sulfonamides is 1. The molecule has 0 fully saturated rings. The molecule has 2 N–H and O–H groups in total. The maximum Gasteiger partial charge on any atom is 0.573 e. The van der Waals surface area contributed by atoms with E-state index in [4.69, 9.17) is 5.14 Å². The highest BCUT2D eigenvalue weighted by molar-refractivity contribution is 7.89. The summed E-state index contributed by atoms with van der Waals surface area (Å²) in [4.78, 5) is 12.5.